The molecule has 1 aliphatic rings. The fourth-order valence-electron chi connectivity index (χ4n) is 4.11. The van der Waals surface area contributed by atoms with Gasteiger partial charge < -0.3 is 4.74 Å². The zero-order valence-corrected chi connectivity index (χ0v) is 17.2. The minimum absolute atomic E-state index is 0.133. The predicted molar refractivity (Wildman–Crippen MR) is 110 cm³/mol. The Labute approximate surface area is 158 Å². The second kappa shape index (κ2) is 8.07. The lowest BCUT2D eigenvalue weighted by atomic mass is 9.67. The van der Waals surface area contributed by atoms with Crippen molar-refractivity contribution < 1.29 is 9.53 Å². The molecule has 0 amide bonds. The summed E-state index contributed by atoms with van der Waals surface area (Å²) in [4.78, 5) is 12.1. The molecule has 0 aliphatic heterocycles. The van der Waals surface area contributed by atoms with Crippen LogP contribution in [0.2, 0.25) is 0 Å². The largest absolute Gasteiger partial charge is 0.462 e. The first kappa shape index (κ1) is 20.2. The lowest BCUT2D eigenvalue weighted by Gasteiger charge is -2.37. The number of rotatable bonds is 5. The van der Waals surface area contributed by atoms with Crippen LogP contribution in [-0.4, -0.2) is 12.6 Å². The van der Waals surface area contributed by atoms with E-state index in [1.54, 1.807) is 0 Å². The van der Waals surface area contributed by atoms with E-state index in [4.69, 9.17) is 4.74 Å². The molecule has 140 valence electrons. The Hall–Kier alpha value is -2.09. The van der Waals surface area contributed by atoms with E-state index < -0.39 is 0 Å². The van der Waals surface area contributed by atoms with Crippen LogP contribution >= 0.6 is 0 Å². The molecule has 0 aromatic heterocycles. The van der Waals surface area contributed by atoms with Crippen molar-refractivity contribution in [2.45, 2.75) is 60.8 Å². The van der Waals surface area contributed by atoms with Crippen LogP contribution in [0.5, 0.6) is 0 Å². The monoisotopic (exact) mass is 352 g/mol. The summed E-state index contributed by atoms with van der Waals surface area (Å²) in [6.07, 6.45) is 5.52. The van der Waals surface area contributed by atoms with Gasteiger partial charge in [-0.25, -0.2) is 4.79 Å². The van der Waals surface area contributed by atoms with E-state index in [-0.39, 0.29) is 11.4 Å². The number of ether oxygens (including phenoxy) is 1. The van der Waals surface area contributed by atoms with E-state index >= 15 is 0 Å². The number of carbonyl (C=O) groups is 1. The maximum Gasteiger partial charge on any atom is 0.338 e. The Bertz CT molecular complexity index is 775. The van der Waals surface area contributed by atoms with E-state index in [2.05, 4.69) is 47.3 Å². The molecule has 1 aromatic carbocycles. The van der Waals surface area contributed by atoms with Crippen molar-refractivity contribution in [2.24, 2.45) is 5.41 Å². The van der Waals surface area contributed by atoms with Crippen molar-refractivity contribution in [1.29, 1.82) is 0 Å². The summed E-state index contributed by atoms with van der Waals surface area (Å²) in [5.41, 5.74) is 8.37. The van der Waals surface area contributed by atoms with E-state index in [0.717, 1.165) is 12.0 Å². The number of hydrogen-bond acceptors (Lipinski definition) is 2. The van der Waals surface area contributed by atoms with Crippen LogP contribution in [0.25, 0.3) is 5.57 Å². The lowest BCUT2D eigenvalue weighted by Crippen LogP contribution is -2.22. The molecule has 0 fully saturated rings. The van der Waals surface area contributed by atoms with E-state index in [9.17, 15) is 4.79 Å². The molecular formula is C24H32O2. The Morgan fingerprint density at radius 3 is 2.54 bits per heavy atom. The fourth-order valence-corrected chi connectivity index (χ4v) is 4.11. The number of allylic oxidation sites excluding steroid dienone is 5. The van der Waals surface area contributed by atoms with Crippen LogP contribution < -0.4 is 0 Å². The Kier molecular flexibility index (Phi) is 6.28. The molecule has 0 saturated carbocycles. The predicted octanol–water partition coefficient (Wildman–Crippen LogP) is 6.66. The highest BCUT2D eigenvalue weighted by Gasteiger charge is 2.32. The van der Waals surface area contributed by atoms with Crippen LogP contribution in [0.1, 0.15) is 75.4 Å². The molecule has 0 unspecified atom stereocenters. The fraction of sp³-hybridized carbons (Fsp3) is 0.458. The summed E-state index contributed by atoms with van der Waals surface area (Å²) < 4.78 is 5.14. The summed E-state index contributed by atoms with van der Waals surface area (Å²) in [5.74, 6) is -0.262. The van der Waals surface area contributed by atoms with Crippen molar-refractivity contribution in [2.75, 3.05) is 6.61 Å². The molecule has 1 aliphatic carbocycles. The summed E-state index contributed by atoms with van der Waals surface area (Å²) in [6, 6.07) is 5.88. The zero-order chi connectivity index (χ0) is 19.5. The minimum Gasteiger partial charge on any atom is -0.462 e. The Balaban J connectivity index is 2.64. The summed E-state index contributed by atoms with van der Waals surface area (Å²) in [6.45, 7) is 17.4. The quantitative estimate of drug-likeness (QED) is 0.437. The number of aryl methyl sites for hydroxylation is 1. The maximum atomic E-state index is 12.1. The molecule has 0 heterocycles. The van der Waals surface area contributed by atoms with Gasteiger partial charge in [0.05, 0.1) is 12.2 Å². The first-order chi connectivity index (χ1) is 12.2. The smallest absolute Gasteiger partial charge is 0.338 e. The van der Waals surface area contributed by atoms with Gasteiger partial charge in [-0.2, -0.15) is 0 Å². The van der Waals surface area contributed by atoms with Gasteiger partial charge in [-0.15, -0.1) is 0 Å². The van der Waals surface area contributed by atoms with Crippen LogP contribution in [0.15, 0.2) is 47.6 Å². The average Bonchev–Trinajstić information content (AvgIpc) is 2.58. The van der Waals surface area contributed by atoms with E-state index in [0.29, 0.717) is 12.2 Å². The standard InChI is InChI=1S/C24H32O2/c1-8-16(3)21(22-17(4)11-10-14-24(22,6)7)20-13-12-19(15-18(20)5)23(25)26-9-2/h8,12-13,15H,1,9-11,14H2,2-7H3/b21-16+. The molecule has 0 N–H and O–H groups in total. The molecule has 2 heteroatoms. The maximum absolute atomic E-state index is 12.1. The van der Waals surface area contributed by atoms with Gasteiger partial charge in [-0.3, -0.25) is 0 Å². The normalized spacial score (nSPS) is 17.6. The van der Waals surface area contributed by atoms with Crippen LogP contribution in [0, 0.1) is 12.3 Å². The topological polar surface area (TPSA) is 26.3 Å². The molecule has 2 nitrogen and oxygen atoms in total. The van der Waals surface area contributed by atoms with Crippen LogP contribution in [0.4, 0.5) is 0 Å². The van der Waals surface area contributed by atoms with Gasteiger partial charge in [-0.1, -0.05) is 38.1 Å². The van der Waals surface area contributed by atoms with Crippen molar-refractivity contribution in [3.8, 4) is 0 Å². The lowest BCUT2D eigenvalue weighted by molar-refractivity contribution is 0.0526. The Morgan fingerprint density at radius 2 is 2.00 bits per heavy atom. The van der Waals surface area contributed by atoms with Crippen molar-refractivity contribution in [3.05, 3.63) is 64.3 Å². The van der Waals surface area contributed by atoms with Gasteiger partial charge in [0, 0.05) is 0 Å². The highest BCUT2D eigenvalue weighted by atomic mass is 16.5. The van der Waals surface area contributed by atoms with Gasteiger partial charge in [-0.05, 0) is 92.4 Å². The molecule has 0 atom stereocenters. The summed E-state index contributed by atoms with van der Waals surface area (Å²) in [5, 5.41) is 0. The second-order valence-electron chi connectivity index (χ2n) is 7.91. The molecule has 1 aromatic rings. The highest BCUT2D eigenvalue weighted by Crippen LogP contribution is 2.48. The van der Waals surface area contributed by atoms with Crippen molar-refractivity contribution >= 4 is 11.5 Å². The van der Waals surface area contributed by atoms with Crippen LogP contribution in [0.3, 0.4) is 0 Å². The van der Waals surface area contributed by atoms with E-state index in [1.165, 1.54) is 40.7 Å². The number of carbonyl (C=O) groups excluding carboxylic acids is 1. The Morgan fingerprint density at radius 1 is 1.31 bits per heavy atom. The molecule has 0 saturated heterocycles. The SMILES string of the molecule is C=C/C(C)=C(/C1=C(C)CCCC1(C)C)c1ccc(C(=O)OCC)cc1C. The minimum atomic E-state index is -0.262. The molecule has 2 rings (SSSR count). The van der Waals surface area contributed by atoms with Crippen molar-refractivity contribution in [3.63, 3.8) is 0 Å². The first-order valence-electron chi connectivity index (χ1n) is 9.55. The number of hydrogen-bond donors (Lipinski definition) is 0. The zero-order valence-electron chi connectivity index (χ0n) is 17.2. The average molecular weight is 353 g/mol. The van der Waals surface area contributed by atoms with Gasteiger partial charge in [0.15, 0.2) is 0 Å². The molecule has 26 heavy (non-hydrogen) atoms. The summed E-state index contributed by atoms with van der Waals surface area (Å²) in [7, 11) is 0. The molecular weight excluding hydrogens is 320 g/mol. The first-order valence-corrected chi connectivity index (χ1v) is 9.55. The number of esters is 1. The van der Waals surface area contributed by atoms with Gasteiger partial charge in [0.1, 0.15) is 0 Å². The molecule has 0 bridgehead atoms. The molecule has 0 spiro atoms. The van der Waals surface area contributed by atoms with Gasteiger partial charge in [0.2, 0.25) is 0 Å². The van der Waals surface area contributed by atoms with E-state index in [1.807, 2.05) is 25.1 Å². The molecule has 0 radical (unpaired) electrons. The van der Waals surface area contributed by atoms with Gasteiger partial charge >= 0.3 is 5.97 Å². The van der Waals surface area contributed by atoms with Gasteiger partial charge in [0.25, 0.3) is 0 Å². The van der Waals surface area contributed by atoms with Crippen LogP contribution in [-0.2, 0) is 4.74 Å². The summed E-state index contributed by atoms with van der Waals surface area (Å²) >= 11 is 0. The van der Waals surface area contributed by atoms with Crippen molar-refractivity contribution in [1.82, 2.24) is 0 Å². The third-order valence-electron chi connectivity index (χ3n) is 5.41. The third-order valence-corrected chi connectivity index (χ3v) is 5.41. The third kappa shape index (κ3) is 4.00. The second-order valence-corrected chi connectivity index (χ2v) is 7.91. The number of benzene rings is 1. The highest BCUT2D eigenvalue weighted by molar-refractivity contribution is 5.92.